The predicted molar refractivity (Wildman–Crippen MR) is 50.5 cm³/mol. The average molecular weight is 186 g/mol. The molecular weight excluding hydrogens is 168 g/mol. The highest BCUT2D eigenvalue weighted by Gasteiger charge is 2.22. The Kier molecular flexibility index (Phi) is 4.11. The first-order valence-corrected chi connectivity index (χ1v) is 4.47. The van der Waals surface area contributed by atoms with Crippen LogP contribution in [0, 0.1) is 11.3 Å². The molecule has 0 heterocycles. The molecule has 0 aliphatic rings. The van der Waals surface area contributed by atoms with Gasteiger partial charge in [-0.2, -0.15) is 0 Å². The van der Waals surface area contributed by atoms with Crippen molar-refractivity contribution in [3.05, 3.63) is 0 Å². The molecule has 0 aromatic carbocycles. The Hall–Kier alpha value is -0.860. The van der Waals surface area contributed by atoms with Crippen LogP contribution in [0.1, 0.15) is 40.5 Å². The lowest BCUT2D eigenvalue weighted by molar-refractivity contribution is -0.140. The van der Waals surface area contributed by atoms with Gasteiger partial charge in [-0.15, -0.1) is 0 Å². The molecule has 0 spiro atoms. The molecule has 76 valence electrons. The van der Waals surface area contributed by atoms with Crippen molar-refractivity contribution in [2.24, 2.45) is 11.3 Å². The van der Waals surface area contributed by atoms with E-state index >= 15 is 0 Å². The van der Waals surface area contributed by atoms with E-state index in [1.807, 2.05) is 20.8 Å². The summed E-state index contributed by atoms with van der Waals surface area (Å²) in [5.41, 5.74) is -0.0517. The molecule has 3 nitrogen and oxygen atoms in total. The molecule has 1 N–H and O–H groups in total. The van der Waals surface area contributed by atoms with Crippen LogP contribution in [-0.4, -0.2) is 16.9 Å². The molecule has 13 heavy (non-hydrogen) atoms. The Bertz CT molecular complexity index is 201. The van der Waals surface area contributed by atoms with E-state index in [4.69, 9.17) is 5.11 Å². The third kappa shape index (κ3) is 6.31. The number of hydrogen-bond donors (Lipinski definition) is 1. The molecule has 0 aromatic rings. The molecule has 0 amide bonds. The van der Waals surface area contributed by atoms with Crippen LogP contribution in [0.25, 0.3) is 0 Å². The van der Waals surface area contributed by atoms with Crippen LogP contribution >= 0.6 is 0 Å². The van der Waals surface area contributed by atoms with Crippen molar-refractivity contribution in [2.45, 2.75) is 40.5 Å². The standard InChI is InChI=1S/C10H18O3/c1-7(5-9(12)13)8(11)6-10(2,3)4/h7H,5-6H2,1-4H3,(H,12,13). The molecule has 0 aromatic heterocycles. The van der Waals surface area contributed by atoms with Crippen molar-refractivity contribution in [3.63, 3.8) is 0 Å². The van der Waals surface area contributed by atoms with E-state index in [2.05, 4.69) is 0 Å². The summed E-state index contributed by atoms with van der Waals surface area (Å²) < 4.78 is 0. The van der Waals surface area contributed by atoms with Gasteiger partial charge in [0.15, 0.2) is 0 Å². The quantitative estimate of drug-likeness (QED) is 0.731. The lowest BCUT2D eigenvalue weighted by Crippen LogP contribution is -2.21. The van der Waals surface area contributed by atoms with Crippen LogP contribution in [0.4, 0.5) is 0 Å². The lowest BCUT2D eigenvalue weighted by Gasteiger charge is -2.18. The Morgan fingerprint density at radius 2 is 1.77 bits per heavy atom. The van der Waals surface area contributed by atoms with E-state index in [1.54, 1.807) is 6.92 Å². The summed E-state index contributed by atoms with van der Waals surface area (Å²) in [7, 11) is 0. The van der Waals surface area contributed by atoms with Crippen LogP contribution in [0.5, 0.6) is 0 Å². The zero-order valence-corrected chi connectivity index (χ0v) is 8.76. The van der Waals surface area contributed by atoms with Gasteiger partial charge >= 0.3 is 5.97 Å². The first-order valence-electron chi connectivity index (χ1n) is 4.47. The predicted octanol–water partition coefficient (Wildman–Crippen LogP) is 2.10. The van der Waals surface area contributed by atoms with Crippen molar-refractivity contribution >= 4 is 11.8 Å². The molecule has 0 rings (SSSR count). The van der Waals surface area contributed by atoms with Gasteiger partial charge in [0.1, 0.15) is 5.78 Å². The largest absolute Gasteiger partial charge is 0.481 e. The highest BCUT2D eigenvalue weighted by atomic mass is 16.4. The van der Waals surface area contributed by atoms with Crippen LogP contribution in [-0.2, 0) is 9.59 Å². The normalized spacial score (nSPS) is 13.8. The van der Waals surface area contributed by atoms with Crippen molar-refractivity contribution in [1.29, 1.82) is 0 Å². The number of ketones is 1. The number of hydrogen-bond acceptors (Lipinski definition) is 2. The van der Waals surface area contributed by atoms with Gasteiger partial charge in [-0.05, 0) is 5.41 Å². The van der Waals surface area contributed by atoms with Gasteiger partial charge in [-0.25, -0.2) is 0 Å². The van der Waals surface area contributed by atoms with E-state index in [1.165, 1.54) is 0 Å². The minimum atomic E-state index is -0.908. The third-order valence-corrected chi connectivity index (χ3v) is 1.74. The highest BCUT2D eigenvalue weighted by Crippen LogP contribution is 2.22. The zero-order chi connectivity index (χ0) is 10.6. The smallest absolute Gasteiger partial charge is 0.304 e. The zero-order valence-electron chi connectivity index (χ0n) is 8.76. The van der Waals surface area contributed by atoms with E-state index in [-0.39, 0.29) is 23.5 Å². The maximum atomic E-state index is 11.4. The second kappa shape index (κ2) is 4.40. The molecule has 0 saturated heterocycles. The number of Topliss-reactive ketones (excluding diaryl/α,β-unsaturated/α-hetero) is 1. The summed E-state index contributed by atoms with van der Waals surface area (Å²) in [6.07, 6.45) is 0.385. The molecule has 1 unspecified atom stereocenters. The monoisotopic (exact) mass is 186 g/mol. The Labute approximate surface area is 79.1 Å². The van der Waals surface area contributed by atoms with Crippen molar-refractivity contribution < 1.29 is 14.7 Å². The van der Waals surface area contributed by atoms with Crippen LogP contribution < -0.4 is 0 Å². The minimum absolute atomic E-state index is 0.0369. The van der Waals surface area contributed by atoms with Crippen molar-refractivity contribution in [3.8, 4) is 0 Å². The number of carboxylic acid groups (broad SMARTS) is 1. The molecule has 0 saturated carbocycles. The highest BCUT2D eigenvalue weighted by molar-refractivity contribution is 5.84. The minimum Gasteiger partial charge on any atom is -0.481 e. The Balaban J connectivity index is 4.05. The van der Waals surface area contributed by atoms with Crippen LogP contribution in [0.3, 0.4) is 0 Å². The van der Waals surface area contributed by atoms with Crippen LogP contribution in [0.2, 0.25) is 0 Å². The van der Waals surface area contributed by atoms with E-state index in [0.717, 1.165) is 0 Å². The van der Waals surface area contributed by atoms with E-state index < -0.39 is 5.97 Å². The summed E-state index contributed by atoms with van der Waals surface area (Å²) in [4.78, 5) is 21.8. The van der Waals surface area contributed by atoms with Crippen molar-refractivity contribution in [2.75, 3.05) is 0 Å². The van der Waals surface area contributed by atoms with Gasteiger partial charge in [0, 0.05) is 12.3 Å². The topological polar surface area (TPSA) is 54.4 Å². The van der Waals surface area contributed by atoms with Gasteiger partial charge in [-0.1, -0.05) is 27.7 Å². The molecule has 1 atom stereocenters. The second-order valence-corrected chi connectivity index (χ2v) is 4.70. The molecule has 3 heteroatoms. The average Bonchev–Trinajstić information content (AvgIpc) is 1.81. The first-order chi connectivity index (χ1) is 5.72. The van der Waals surface area contributed by atoms with Crippen LogP contribution in [0.15, 0.2) is 0 Å². The number of carbonyl (C=O) groups excluding carboxylic acids is 1. The molecule has 0 bridgehead atoms. The van der Waals surface area contributed by atoms with Gasteiger partial charge in [0.05, 0.1) is 6.42 Å². The Morgan fingerprint density at radius 3 is 2.08 bits per heavy atom. The molecule has 0 radical (unpaired) electrons. The van der Waals surface area contributed by atoms with Crippen molar-refractivity contribution in [1.82, 2.24) is 0 Å². The summed E-state index contributed by atoms with van der Waals surface area (Å²) in [6.45, 7) is 7.58. The van der Waals surface area contributed by atoms with Gasteiger partial charge < -0.3 is 5.11 Å². The maximum absolute atomic E-state index is 11.4. The number of carboxylic acids is 1. The SMILES string of the molecule is CC(CC(=O)O)C(=O)CC(C)(C)C. The molecular formula is C10H18O3. The number of rotatable bonds is 4. The maximum Gasteiger partial charge on any atom is 0.304 e. The van der Waals surface area contributed by atoms with Gasteiger partial charge in [0.2, 0.25) is 0 Å². The van der Waals surface area contributed by atoms with E-state index in [0.29, 0.717) is 6.42 Å². The summed E-state index contributed by atoms with van der Waals surface area (Å²) in [6, 6.07) is 0. The summed E-state index contributed by atoms with van der Waals surface area (Å²) >= 11 is 0. The summed E-state index contributed by atoms with van der Waals surface area (Å²) in [5, 5.41) is 8.48. The Morgan fingerprint density at radius 1 is 1.31 bits per heavy atom. The third-order valence-electron chi connectivity index (χ3n) is 1.74. The molecule has 0 aliphatic carbocycles. The van der Waals surface area contributed by atoms with Gasteiger partial charge in [-0.3, -0.25) is 9.59 Å². The van der Waals surface area contributed by atoms with Gasteiger partial charge in [0.25, 0.3) is 0 Å². The lowest BCUT2D eigenvalue weighted by atomic mass is 9.85. The summed E-state index contributed by atoms with van der Waals surface area (Å²) in [5.74, 6) is -1.23. The fourth-order valence-electron chi connectivity index (χ4n) is 1.07. The fourth-order valence-corrected chi connectivity index (χ4v) is 1.07. The molecule has 0 aliphatic heterocycles. The molecule has 0 fully saturated rings. The number of aliphatic carboxylic acids is 1. The number of carbonyl (C=O) groups is 2. The fraction of sp³-hybridized carbons (Fsp3) is 0.800. The van der Waals surface area contributed by atoms with E-state index in [9.17, 15) is 9.59 Å². The first kappa shape index (κ1) is 12.1. The second-order valence-electron chi connectivity index (χ2n) is 4.70.